The van der Waals surface area contributed by atoms with Crippen molar-refractivity contribution in [3.05, 3.63) is 30.3 Å². The predicted molar refractivity (Wildman–Crippen MR) is 85.7 cm³/mol. The van der Waals surface area contributed by atoms with Crippen LogP contribution >= 0.6 is 12.2 Å². The van der Waals surface area contributed by atoms with Crippen LogP contribution in [0, 0.1) is 0 Å². The van der Waals surface area contributed by atoms with Crippen LogP contribution in [0.2, 0.25) is 0 Å². The van der Waals surface area contributed by atoms with Gasteiger partial charge in [0.05, 0.1) is 0 Å². The zero-order chi connectivity index (χ0) is 13.9. The molecule has 0 aromatic heterocycles. The smallest absolute Gasteiger partial charge is 0.169 e. The van der Waals surface area contributed by atoms with E-state index < -0.39 is 0 Å². The molecule has 1 N–H and O–H groups in total. The molecule has 3 nitrogen and oxygen atoms in total. The van der Waals surface area contributed by atoms with E-state index in [9.17, 15) is 0 Å². The topological polar surface area (TPSA) is 18.5 Å². The van der Waals surface area contributed by atoms with Gasteiger partial charge in [-0.1, -0.05) is 18.2 Å². The molecule has 0 radical (unpaired) electrons. The highest BCUT2D eigenvalue weighted by Gasteiger charge is 2.21. The van der Waals surface area contributed by atoms with Crippen molar-refractivity contribution in [1.29, 1.82) is 0 Å². The molecule has 1 aliphatic heterocycles. The molecular formula is C15H23N3S. The molecule has 0 amide bonds. The molecule has 1 fully saturated rings. The monoisotopic (exact) mass is 277 g/mol. The first-order chi connectivity index (χ1) is 8.96. The number of nitrogens with one attached hydrogen (secondary N) is 1. The van der Waals surface area contributed by atoms with E-state index in [0.717, 1.165) is 31.3 Å². The number of anilines is 1. The molecular weight excluding hydrogens is 254 g/mol. The van der Waals surface area contributed by atoms with Gasteiger partial charge in [0.1, 0.15) is 0 Å². The molecule has 104 valence electrons. The summed E-state index contributed by atoms with van der Waals surface area (Å²) < 4.78 is 0. The third-order valence-electron chi connectivity index (χ3n) is 3.17. The Morgan fingerprint density at radius 1 is 1.05 bits per heavy atom. The van der Waals surface area contributed by atoms with Gasteiger partial charge < -0.3 is 15.1 Å². The standard InChI is InChI=1S/C15H23N3S/c1-15(2,3)16-14(19)18-11-9-17(10-12-18)13-7-5-4-6-8-13/h4-8H,9-12H2,1-3H3,(H,16,19). The predicted octanol–water partition coefficient (Wildman–Crippen LogP) is 2.48. The van der Waals surface area contributed by atoms with Gasteiger partial charge in [-0.2, -0.15) is 0 Å². The second-order valence-corrected chi connectivity index (χ2v) is 6.38. The SMILES string of the molecule is CC(C)(C)NC(=S)N1CCN(c2ccccc2)CC1. The van der Waals surface area contributed by atoms with Crippen molar-refractivity contribution in [3.63, 3.8) is 0 Å². The third-order valence-corrected chi connectivity index (χ3v) is 3.53. The second kappa shape index (κ2) is 5.78. The molecule has 2 rings (SSSR count). The highest BCUT2D eigenvalue weighted by atomic mass is 32.1. The van der Waals surface area contributed by atoms with Crippen molar-refractivity contribution in [2.45, 2.75) is 26.3 Å². The lowest BCUT2D eigenvalue weighted by molar-refractivity contribution is 0.363. The highest BCUT2D eigenvalue weighted by molar-refractivity contribution is 7.80. The van der Waals surface area contributed by atoms with Crippen LogP contribution in [0.4, 0.5) is 5.69 Å². The Hall–Kier alpha value is -1.29. The van der Waals surface area contributed by atoms with Crippen LogP contribution in [0.1, 0.15) is 20.8 Å². The summed E-state index contributed by atoms with van der Waals surface area (Å²) in [5, 5.41) is 4.26. The van der Waals surface area contributed by atoms with Crippen LogP contribution in [0.3, 0.4) is 0 Å². The number of benzene rings is 1. The molecule has 0 aliphatic carbocycles. The summed E-state index contributed by atoms with van der Waals surface area (Å²) in [5.74, 6) is 0. The third kappa shape index (κ3) is 4.10. The first kappa shape index (κ1) is 14.1. The van der Waals surface area contributed by atoms with Crippen LogP contribution in [-0.4, -0.2) is 41.7 Å². The average molecular weight is 277 g/mol. The molecule has 1 heterocycles. The summed E-state index contributed by atoms with van der Waals surface area (Å²) in [7, 11) is 0. The van der Waals surface area contributed by atoms with Crippen molar-refractivity contribution >= 4 is 23.0 Å². The Bertz CT molecular complexity index is 417. The van der Waals surface area contributed by atoms with Crippen molar-refractivity contribution in [2.24, 2.45) is 0 Å². The van der Waals surface area contributed by atoms with Crippen LogP contribution in [-0.2, 0) is 0 Å². The fourth-order valence-corrected chi connectivity index (χ4v) is 2.70. The van der Waals surface area contributed by atoms with Crippen LogP contribution in [0.25, 0.3) is 0 Å². The van der Waals surface area contributed by atoms with Crippen molar-refractivity contribution in [2.75, 3.05) is 31.1 Å². The number of thiocarbonyl (C=S) groups is 1. The zero-order valence-corrected chi connectivity index (χ0v) is 12.8. The second-order valence-electron chi connectivity index (χ2n) is 5.99. The zero-order valence-electron chi connectivity index (χ0n) is 12.0. The molecule has 4 heteroatoms. The largest absolute Gasteiger partial charge is 0.368 e. The molecule has 0 saturated carbocycles. The minimum atomic E-state index is 0.0354. The normalized spacial score (nSPS) is 16.4. The quantitative estimate of drug-likeness (QED) is 0.795. The van der Waals surface area contributed by atoms with Gasteiger partial charge in [0, 0.05) is 37.4 Å². The first-order valence-electron chi connectivity index (χ1n) is 6.83. The molecule has 1 saturated heterocycles. The Kier molecular flexibility index (Phi) is 4.30. The lowest BCUT2D eigenvalue weighted by atomic mass is 10.1. The fourth-order valence-electron chi connectivity index (χ4n) is 2.21. The summed E-state index contributed by atoms with van der Waals surface area (Å²) in [6, 6.07) is 10.6. The number of para-hydroxylation sites is 1. The molecule has 19 heavy (non-hydrogen) atoms. The first-order valence-corrected chi connectivity index (χ1v) is 7.24. The van der Waals surface area contributed by atoms with Gasteiger partial charge >= 0.3 is 0 Å². The number of rotatable bonds is 1. The van der Waals surface area contributed by atoms with E-state index in [4.69, 9.17) is 12.2 Å². The maximum Gasteiger partial charge on any atom is 0.169 e. The van der Waals surface area contributed by atoms with Gasteiger partial charge in [0.25, 0.3) is 0 Å². The summed E-state index contributed by atoms with van der Waals surface area (Å²) in [6.45, 7) is 10.4. The number of piperazine rings is 1. The number of hydrogen-bond acceptors (Lipinski definition) is 2. The van der Waals surface area contributed by atoms with E-state index in [0.29, 0.717) is 0 Å². The molecule has 0 bridgehead atoms. The van der Waals surface area contributed by atoms with E-state index in [2.05, 4.69) is 66.2 Å². The van der Waals surface area contributed by atoms with Crippen LogP contribution < -0.4 is 10.2 Å². The minimum absolute atomic E-state index is 0.0354. The van der Waals surface area contributed by atoms with Crippen molar-refractivity contribution in [1.82, 2.24) is 10.2 Å². The van der Waals surface area contributed by atoms with E-state index in [-0.39, 0.29) is 5.54 Å². The Labute approximate surface area is 121 Å². The van der Waals surface area contributed by atoms with Gasteiger partial charge in [-0.05, 0) is 45.1 Å². The Balaban J connectivity index is 1.88. The van der Waals surface area contributed by atoms with E-state index >= 15 is 0 Å². The summed E-state index contributed by atoms with van der Waals surface area (Å²) >= 11 is 5.47. The van der Waals surface area contributed by atoms with E-state index in [1.54, 1.807) is 0 Å². The molecule has 0 unspecified atom stereocenters. The average Bonchev–Trinajstić information content (AvgIpc) is 2.38. The molecule has 0 spiro atoms. The highest BCUT2D eigenvalue weighted by Crippen LogP contribution is 2.15. The molecule has 0 atom stereocenters. The summed E-state index contributed by atoms with van der Waals surface area (Å²) in [6.07, 6.45) is 0. The van der Waals surface area contributed by atoms with Gasteiger partial charge in [0.15, 0.2) is 5.11 Å². The van der Waals surface area contributed by atoms with Gasteiger partial charge in [-0.3, -0.25) is 0 Å². The van der Waals surface area contributed by atoms with Crippen LogP contribution in [0.15, 0.2) is 30.3 Å². The van der Waals surface area contributed by atoms with Crippen LogP contribution in [0.5, 0.6) is 0 Å². The Morgan fingerprint density at radius 3 is 2.16 bits per heavy atom. The maximum atomic E-state index is 5.47. The summed E-state index contributed by atoms with van der Waals surface area (Å²) in [5.41, 5.74) is 1.34. The van der Waals surface area contributed by atoms with E-state index in [1.807, 2.05) is 0 Å². The number of hydrogen-bond donors (Lipinski definition) is 1. The molecule has 1 aromatic carbocycles. The van der Waals surface area contributed by atoms with E-state index in [1.165, 1.54) is 5.69 Å². The lowest BCUT2D eigenvalue weighted by Gasteiger charge is -2.39. The van der Waals surface area contributed by atoms with Gasteiger partial charge in [-0.15, -0.1) is 0 Å². The summed E-state index contributed by atoms with van der Waals surface area (Å²) in [4.78, 5) is 4.68. The molecule has 1 aliphatic rings. The maximum absolute atomic E-state index is 5.47. The lowest BCUT2D eigenvalue weighted by Crippen LogP contribution is -2.55. The Morgan fingerprint density at radius 2 is 1.63 bits per heavy atom. The minimum Gasteiger partial charge on any atom is -0.368 e. The fraction of sp³-hybridized carbons (Fsp3) is 0.533. The van der Waals surface area contributed by atoms with Crippen molar-refractivity contribution < 1.29 is 0 Å². The number of nitrogens with zero attached hydrogens (tertiary/aromatic N) is 2. The van der Waals surface area contributed by atoms with Crippen molar-refractivity contribution in [3.8, 4) is 0 Å². The van der Waals surface area contributed by atoms with Gasteiger partial charge in [-0.25, -0.2) is 0 Å². The molecule has 1 aromatic rings. The van der Waals surface area contributed by atoms with Gasteiger partial charge in [0.2, 0.25) is 0 Å².